The summed E-state index contributed by atoms with van der Waals surface area (Å²) >= 11 is 0. The third-order valence-corrected chi connectivity index (χ3v) is 2.19. The highest BCUT2D eigenvalue weighted by Gasteiger charge is 2.09. The summed E-state index contributed by atoms with van der Waals surface area (Å²) in [7, 11) is 0. The van der Waals surface area contributed by atoms with Crippen molar-refractivity contribution in [1.82, 2.24) is 5.32 Å². The average molecular weight is 209 g/mol. The van der Waals surface area contributed by atoms with Gasteiger partial charge < -0.3 is 10.1 Å². The zero-order chi connectivity index (χ0) is 11.0. The molecule has 0 radical (unpaired) electrons. The maximum absolute atomic E-state index is 11.8. The molecule has 0 heterocycles. The molecule has 0 aliphatic heterocycles. The standard InChI is InChI=1S/C10H21F2NO/c1-4-9(5-2)13-6-8(3)14-7-10(11)12/h8-10,13H,4-7H2,1-3H3. The topological polar surface area (TPSA) is 21.3 Å². The lowest BCUT2D eigenvalue weighted by atomic mass is 10.1. The third kappa shape index (κ3) is 7.21. The number of hydrogen-bond donors (Lipinski definition) is 1. The summed E-state index contributed by atoms with van der Waals surface area (Å²) in [5.41, 5.74) is 0. The van der Waals surface area contributed by atoms with E-state index in [0.29, 0.717) is 12.6 Å². The van der Waals surface area contributed by atoms with E-state index in [0.717, 1.165) is 12.8 Å². The molecule has 0 saturated heterocycles. The summed E-state index contributed by atoms with van der Waals surface area (Å²) in [4.78, 5) is 0. The van der Waals surface area contributed by atoms with E-state index in [1.165, 1.54) is 0 Å². The fourth-order valence-corrected chi connectivity index (χ4v) is 1.21. The molecule has 0 aromatic heterocycles. The molecule has 0 spiro atoms. The fourth-order valence-electron chi connectivity index (χ4n) is 1.21. The maximum Gasteiger partial charge on any atom is 0.261 e. The molecule has 1 atom stereocenters. The zero-order valence-corrected chi connectivity index (χ0v) is 9.22. The van der Waals surface area contributed by atoms with E-state index in [4.69, 9.17) is 4.74 Å². The Morgan fingerprint density at radius 1 is 1.21 bits per heavy atom. The monoisotopic (exact) mass is 209 g/mol. The quantitative estimate of drug-likeness (QED) is 0.663. The Kier molecular flexibility index (Phi) is 7.99. The van der Waals surface area contributed by atoms with E-state index < -0.39 is 13.0 Å². The first-order valence-corrected chi connectivity index (χ1v) is 5.23. The summed E-state index contributed by atoms with van der Waals surface area (Å²) < 4.78 is 28.5. The number of rotatable bonds is 8. The summed E-state index contributed by atoms with van der Waals surface area (Å²) in [6, 6.07) is 0.465. The van der Waals surface area contributed by atoms with Crippen LogP contribution in [-0.4, -0.2) is 31.7 Å². The molecule has 0 rings (SSSR count). The van der Waals surface area contributed by atoms with E-state index in [2.05, 4.69) is 19.2 Å². The van der Waals surface area contributed by atoms with Crippen LogP contribution in [0.25, 0.3) is 0 Å². The predicted molar refractivity (Wildman–Crippen MR) is 53.8 cm³/mol. The molecule has 4 heteroatoms. The molecule has 0 bridgehead atoms. The van der Waals surface area contributed by atoms with Gasteiger partial charge in [-0.1, -0.05) is 13.8 Å². The van der Waals surface area contributed by atoms with Crippen LogP contribution >= 0.6 is 0 Å². The van der Waals surface area contributed by atoms with Crippen molar-refractivity contribution in [2.45, 2.75) is 52.2 Å². The van der Waals surface area contributed by atoms with E-state index in [-0.39, 0.29) is 6.10 Å². The van der Waals surface area contributed by atoms with E-state index in [9.17, 15) is 8.78 Å². The highest BCUT2D eigenvalue weighted by atomic mass is 19.3. The fraction of sp³-hybridized carbons (Fsp3) is 1.00. The first-order chi connectivity index (χ1) is 6.60. The van der Waals surface area contributed by atoms with Crippen molar-refractivity contribution in [2.75, 3.05) is 13.2 Å². The second-order valence-corrected chi connectivity index (χ2v) is 3.46. The van der Waals surface area contributed by atoms with Gasteiger partial charge >= 0.3 is 0 Å². The van der Waals surface area contributed by atoms with Crippen molar-refractivity contribution in [3.8, 4) is 0 Å². The zero-order valence-electron chi connectivity index (χ0n) is 9.22. The van der Waals surface area contributed by atoms with Gasteiger partial charge in [0.2, 0.25) is 0 Å². The third-order valence-electron chi connectivity index (χ3n) is 2.19. The lowest BCUT2D eigenvalue weighted by Crippen LogP contribution is -2.35. The lowest BCUT2D eigenvalue weighted by Gasteiger charge is -2.18. The Bertz CT molecular complexity index is 129. The van der Waals surface area contributed by atoms with Gasteiger partial charge in [0.25, 0.3) is 6.43 Å². The van der Waals surface area contributed by atoms with Crippen LogP contribution in [-0.2, 0) is 4.74 Å². The van der Waals surface area contributed by atoms with Crippen LogP contribution in [0.3, 0.4) is 0 Å². The first-order valence-electron chi connectivity index (χ1n) is 5.23. The normalized spacial score (nSPS) is 13.9. The predicted octanol–water partition coefficient (Wildman–Crippen LogP) is 2.43. The summed E-state index contributed by atoms with van der Waals surface area (Å²) in [6.45, 7) is 6.18. The highest BCUT2D eigenvalue weighted by Crippen LogP contribution is 1.99. The van der Waals surface area contributed by atoms with Gasteiger partial charge in [-0.25, -0.2) is 8.78 Å². The Labute approximate surface area is 85.0 Å². The molecule has 0 aliphatic rings. The van der Waals surface area contributed by atoms with Crippen molar-refractivity contribution in [2.24, 2.45) is 0 Å². The van der Waals surface area contributed by atoms with Crippen LogP contribution in [0.1, 0.15) is 33.6 Å². The summed E-state index contributed by atoms with van der Waals surface area (Å²) in [5.74, 6) is 0. The summed E-state index contributed by atoms with van der Waals surface area (Å²) in [5, 5.41) is 3.27. The van der Waals surface area contributed by atoms with Crippen molar-refractivity contribution in [3.63, 3.8) is 0 Å². The minimum atomic E-state index is -2.37. The molecule has 0 fully saturated rings. The van der Waals surface area contributed by atoms with Gasteiger partial charge in [0.05, 0.1) is 6.10 Å². The van der Waals surface area contributed by atoms with Crippen LogP contribution in [0.5, 0.6) is 0 Å². The number of halogens is 2. The average Bonchev–Trinajstić information content (AvgIpc) is 2.16. The van der Waals surface area contributed by atoms with Gasteiger partial charge in [0, 0.05) is 12.6 Å². The Morgan fingerprint density at radius 3 is 2.21 bits per heavy atom. The van der Waals surface area contributed by atoms with Gasteiger partial charge in [-0.3, -0.25) is 0 Å². The molecule has 0 amide bonds. The van der Waals surface area contributed by atoms with E-state index in [1.54, 1.807) is 6.92 Å². The Hall–Kier alpha value is -0.220. The molecule has 0 aromatic rings. The van der Waals surface area contributed by atoms with Crippen molar-refractivity contribution >= 4 is 0 Å². The van der Waals surface area contributed by atoms with Gasteiger partial charge in [-0.05, 0) is 19.8 Å². The SMILES string of the molecule is CCC(CC)NCC(C)OCC(F)F. The smallest absolute Gasteiger partial charge is 0.261 e. The first kappa shape index (κ1) is 13.8. The van der Waals surface area contributed by atoms with E-state index in [1.807, 2.05) is 0 Å². The highest BCUT2D eigenvalue weighted by molar-refractivity contribution is 4.65. The van der Waals surface area contributed by atoms with Gasteiger partial charge in [-0.2, -0.15) is 0 Å². The molecule has 0 saturated carbocycles. The Morgan fingerprint density at radius 2 is 1.79 bits per heavy atom. The molecule has 1 unspecified atom stereocenters. The molecule has 14 heavy (non-hydrogen) atoms. The molecule has 1 N–H and O–H groups in total. The minimum absolute atomic E-state index is 0.149. The van der Waals surface area contributed by atoms with Crippen LogP contribution < -0.4 is 5.32 Å². The second kappa shape index (κ2) is 8.12. The number of hydrogen-bond acceptors (Lipinski definition) is 2. The van der Waals surface area contributed by atoms with Crippen LogP contribution in [0.4, 0.5) is 8.78 Å². The molecular weight excluding hydrogens is 188 g/mol. The number of ether oxygens (including phenoxy) is 1. The van der Waals surface area contributed by atoms with Crippen molar-refractivity contribution in [1.29, 1.82) is 0 Å². The maximum atomic E-state index is 11.8. The van der Waals surface area contributed by atoms with Gasteiger partial charge in [-0.15, -0.1) is 0 Å². The van der Waals surface area contributed by atoms with Gasteiger partial charge in [0.1, 0.15) is 6.61 Å². The van der Waals surface area contributed by atoms with Crippen LogP contribution in [0.15, 0.2) is 0 Å². The van der Waals surface area contributed by atoms with Crippen LogP contribution in [0, 0.1) is 0 Å². The number of alkyl halides is 2. The lowest BCUT2D eigenvalue weighted by molar-refractivity contribution is -0.0172. The Balaban J connectivity index is 3.46. The summed E-state index contributed by atoms with van der Waals surface area (Å²) in [6.07, 6.45) is -0.411. The molecule has 0 aromatic carbocycles. The largest absolute Gasteiger partial charge is 0.371 e. The van der Waals surface area contributed by atoms with Gasteiger partial charge in [0.15, 0.2) is 0 Å². The van der Waals surface area contributed by atoms with Crippen LogP contribution in [0.2, 0.25) is 0 Å². The van der Waals surface area contributed by atoms with Crippen molar-refractivity contribution in [3.05, 3.63) is 0 Å². The molecule has 2 nitrogen and oxygen atoms in total. The molecular formula is C10H21F2NO. The molecule has 0 aliphatic carbocycles. The minimum Gasteiger partial charge on any atom is -0.371 e. The van der Waals surface area contributed by atoms with Crippen molar-refractivity contribution < 1.29 is 13.5 Å². The number of nitrogens with one attached hydrogen (secondary N) is 1. The second-order valence-electron chi connectivity index (χ2n) is 3.46. The van der Waals surface area contributed by atoms with E-state index >= 15 is 0 Å². The molecule has 86 valence electrons.